The van der Waals surface area contributed by atoms with Crippen molar-refractivity contribution in [3.63, 3.8) is 0 Å². The Hall–Kier alpha value is -3.73. The van der Waals surface area contributed by atoms with E-state index in [4.69, 9.17) is 15.0 Å². The van der Waals surface area contributed by atoms with Gasteiger partial charge in [0.05, 0.1) is 34.2 Å². The van der Waals surface area contributed by atoms with E-state index in [0.29, 0.717) is 0 Å². The van der Waals surface area contributed by atoms with Gasteiger partial charge in [-0.15, -0.1) is 0 Å². The first kappa shape index (κ1) is 35.5. The maximum Gasteiger partial charge on any atom is 2.00 e. The zero-order valence-electron chi connectivity index (χ0n) is 24.7. The monoisotopic (exact) mass is 649 g/mol. The Balaban J connectivity index is 0.00000215. The van der Waals surface area contributed by atoms with Crippen LogP contribution < -0.4 is 24.8 Å². The number of aliphatic imine (C=N–C) groups is 2. The van der Waals surface area contributed by atoms with Crippen LogP contribution in [0.1, 0.15) is 41.9 Å². The number of aromatic nitrogens is 1. The number of aryl methyl sites for hydroxylation is 3. The molecule has 0 atom stereocenters. The van der Waals surface area contributed by atoms with Crippen LogP contribution >= 0.6 is 0 Å². The molecule has 5 rings (SSSR count). The standard InChI is InChI=1S/C36H33N3O.2ClH.Fe/c1-23-19-24(2)35(25(3)20-23)38-27(5)34-18-12-17-33(39-34)26(4)37-30-21-31(28-13-8-6-9-14-28)36(40)32(22-30)29-15-10-7-11-16-29;;;/h6-22,40H,1-5H3;2*1H;/q;;;+2/p-2/b37-26+,38-27+;;;. The molecule has 1 N–H and O–H groups in total. The van der Waals surface area contributed by atoms with Gasteiger partial charge in [-0.2, -0.15) is 0 Å². The first-order valence-electron chi connectivity index (χ1n) is 13.4. The Labute approximate surface area is 277 Å². The molecule has 0 fully saturated rings. The predicted octanol–water partition coefficient (Wildman–Crippen LogP) is 3.33. The average Bonchev–Trinajstić information content (AvgIpc) is 2.96. The number of halogens is 2. The van der Waals surface area contributed by atoms with E-state index in [2.05, 4.69) is 32.9 Å². The molecular weight excluding hydrogens is 617 g/mol. The molecule has 43 heavy (non-hydrogen) atoms. The SMILES string of the molecule is C/C(=N\c1cc(-c2ccccc2)c(O)c(-c2ccccc2)c1)c1cccc(/C(C)=N/c2c(C)cc(C)cc2C)n1.[Cl-].[Cl-].[Fe+2]. The zero-order valence-corrected chi connectivity index (χ0v) is 27.3. The molecule has 0 radical (unpaired) electrons. The number of aromatic hydroxyl groups is 1. The molecule has 0 saturated carbocycles. The second-order valence-corrected chi connectivity index (χ2v) is 10.2. The summed E-state index contributed by atoms with van der Waals surface area (Å²) >= 11 is 0. The number of nitrogens with zero attached hydrogens (tertiary/aromatic N) is 3. The van der Waals surface area contributed by atoms with Crippen LogP contribution in [0.2, 0.25) is 0 Å². The number of hydrogen-bond acceptors (Lipinski definition) is 4. The van der Waals surface area contributed by atoms with Gasteiger partial charge in [0, 0.05) is 11.1 Å². The van der Waals surface area contributed by atoms with Gasteiger partial charge in [-0.3, -0.25) is 9.98 Å². The summed E-state index contributed by atoms with van der Waals surface area (Å²) in [4.78, 5) is 14.8. The smallest absolute Gasteiger partial charge is 1.00 e. The first-order valence-corrected chi connectivity index (χ1v) is 13.4. The number of benzene rings is 4. The van der Waals surface area contributed by atoms with Gasteiger partial charge in [0.25, 0.3) is 0 Å². The third-order valence-corrected chi connectivity index (χ3v) is 6.97. The number of phenols is 1. The Morgan fingerprint density at radius 2 is 1.05 bits per heavy atom. The van der Waals surface area contributed by atoms with Gasteiger partial charge in [0.15, 0.2) is 0 Å². The predicted molar refractivity (Wildman–Crippen MR) is 168 cm³/mol. The van der Waals surface area contributed by atoms with Crippen LogP contribution in [0.5, 0.6) is 5.75 Å². The topological polar surface area (TPSA) is 57.8 Å². The summed E-state index contributed by atoms with van der Waals surface area (Å²) in [5.74, 6) is 0.239. The van der Waals surface area contributed by atoms with Crippen molar-refractivity contribution in [1.82, 2.24) is 4.98 Å². The molecule has 0 saturated heterocycles. The molecule has 4 aromatic carbocycles. The molecule has 0 bridgehead atoms. The van der Waals surface area contributed by atoms with Crippen LogP contribution in [0.3, 0.4) is 0 Å². The fourth-order valence-corrected chi connectivity index (χ4v) is 5.02. The van der Waals surface area contributed by atoms with Gasteiger partial charge >= 0.3 is 17.1 Å². The molecule has 0 unspecified atom stereocenters. The van der Waals surface area contributed by atoms with E-state index in [-0.39, 0.29) is 47.6 Å². The molecule has 4 nitrogen and oxygen atoms in total. The molecular formula is C36H33Cl2FeN3O. The second kappa shape index (κ2) is 15.7. The summed E-state index contributed by atoms with van der Waals surface area (Å²) in [6.45, 7) is 10.3. The van der Waals surface area contributed by atoms with E-state index >= 15 is 0 Å². The summed E-state index contributed by atoms with van der Waals surface area (Å²) in [7, 11) is 0. The number of rotatable bonds is 6. The minimum absolute atomic E-state index is 0. The summed E-state index contributed by atoms with van der Waals surface area (Å²) in [6, 6.07) is 33.9. The van der Waals surface area contributed by atoms with E-state index in [1.165, 1.54) is 5.56 Å². The maximum atomic E-state index is 11.3. The second-order valence-electron chi connectivity index (χ2n) is 10.2. The Morgan fingerprint density at radius 1 is 0.605 bits per heavy atom. The van der Waals surface area contributed by atoms with Crippen LogP contribution in [0.4, 0.5) is 11.4 Å². The molecule has 220 valence electrons. The first-order chi connectivity index (χ1) is 19.3. The van der Waals surface area contributed by atoms with E-state index in [9.17, 15) is 5.11 Å². The largest absolute Gasteiger partial charge is 2.00 e. The van der Waals surface area contributed by atoms with Crippen molar-refractivity contribution in [2.24, 2.45) is 9.98 Å². The van der Waals surface area contributed by atoms with Crippen molar-refractivity contribution in [2.45, 2.75) is 34.6 Å². The summed E-state index contributed by atoms with van der Waals surface area (Å²) in [5.41, 5.74) is 11.8. The molecule has 1 heterocycles. The molecule has 0 amide bonds. The molecule has 0 aliphatic carbocycles. The van der Waals surface area contributed by atoms with Gasteiger partial charge in [-0.1, -0.05) is 84.4 Å². The molecule has 0 spiro atoms. The van der Waals surface area contributed by atoms with Crippen molar-refractivity contribution in [2.75, 3.05) is 0 Å². The van der Waals surface area contributed by atoms with Crippen LogP contribution in [0.15, 0.2) is 113 Å². The summed E-state index contributed by atoms with van der Waals surface area (Å²) in [5, 5.41) is 11.3. The summed E-state index contributed by atoms with van der Waals surface area (Å²) in [6.07, 6.45) is 0. The fraction of sp³-hybridized carbons (Fsp3) is 0.139. The van der Waals surface area contributed by atoms with Crippen molar-refractivity contribution in [3.8, 4) is 28.0 Å². The normalized spacial score (nSPS) is 11.2. The Kier molecular flexibility index (Phi) is 12.9. The average molecular weight is 650 g/mol. The van der Waals surface area contributed by atoms with Crippen LogP contribution in [0.25, 0.3) is 22.3 Å². The minimum Gasteiger partial charge on any atom is -1.00 e. The van der Waals surface area contributed by atoms with Gasteiger partial charge in [-0.25, -0.2) is 4.98 Å². The Bertz CT molecular complexity index is 1670. The van der Waals surface area contributed by atoms with Crippen LogP contribution in [-0.4, -0.2) is 21.5 Å². The van der Waals surface area contributed by atoms with Gasteiger partial charge in [-0.05, 0) is 81.1 Å². The molecule has 0 aliphatic heterocycles. The molecule has 0 aliphatic rings. The van der Waals surface area contributed by atoms with Crippen molar-refractivity contribution in [3.05, 3.63) is 131 Å². The van der Waals surface area contributed by atoms with Gasteiger partial charge < -0.3 is 29.9 Å². The molecule has 5 aromatic rings. The Morgan fingerprint density at radius 3 is 1.51 bits per heavy atom. The number of phenolic OH excluding ortho intramolecular Hbond substituents is 1. The van der Waals surface area contributed by atoms with Crippen molar-refractivity contribution < 1.29 is 47.0 Å². The maximum absolute atomic E-state index is 11.3. The molecule has 1 aromatic heterocycles. The van der Waals surface area contributed by atoms with Gasteiger partial charge in [0.2, 0.25) is 0 Å². The van der Waals surface area contributed by atoms with E-state index in [1.54, 1.807) is 0 Å². The number of pyridine rings is 1. The van der Waals surface area contributed by atoms with Crippen molar-refractivity contribution >= 4 is 22.8 Å². The van der Waals surface area contributed by atoms with Crippen LogP contribution in [-0.2, 0) is 17.1 Å². The third kappa shape index (κ3) is 8.22. The van der Waals surface area contributed by atoms with E-state index < -0.39 is 0 Å². The third-order valence-electron chi connectivity index (χ3n) is 6.97. The molecule has 7 heteroatoms. The fourth-order valence-electron chi connectivity index (χ4n) is 5.02. The zero-order chi connectivity index (χ0) is 28.2. The van der Waals surface area contributed by atoms with Crippen molar-refractivity contribution in [1.29, 1.82) is 0 Å². The van der Waals surface area contributed by atoms with Gasteiger partial charge in [0.1, 0.15) is 5.75 Å². The van der Waals surface area contributed by atoms with E-state index in [0.717, 1.165) is 67.6 Å². The van der Waals surface area contributed by atoms with E-state index in [1.807, 2.05) is 105 Å². The quantitative estimate of drug-likeness (QED) is 0.227. The minimum atomic E-state index is 0. The number of hydrogen-bond donors (Lipinski definition) is 1. The van der Waals surface area contributed by atoms with Crippen LogP contribution in [0, 0.1) is 20.8 Å². The summed E-state index contributed by atoms with van der Waals surface area (Å²) < 4.78 is 0.